The standard InChI is InChI=1S/C26H29N5O3/c1-3-14-27-26(33)21-8-4-5-9-22(21)28-25(32)20-7-6-15-31(16-20)17-23-29-24(30-34-23)19-12-10-18(2)11-13-19/h3-5,8-13,20H,1,6-7,14-17H2,2H3,(H,27,33)(H,28,32). The molecular formula is C26H29N5O3. The van der Waals surface area contributed by atoms with Gasteiger partial charge in [0.1, 0.15) is 0 Å². The van der Waals surface area contributed by atoms with Gasteiger partial charge in [-0.3, -0.25) is 14.5 Å². The van der Waals surface area contributed by atoms with E-state index in [1.807, 2.05) is 31.2 Å². The minimum absolute atomic E-state index is 0.0976. The highest BCUT2D eigenvalue weighted by molar-refractivity contribution is 6.04. The fourth-order valence-electron chi connectivity index (χ4n) is 4.03. The van der Waals surface area contributed by atoms with Gasteiger partial charge in [-0.25, -0.2) is 0 Å². The molecule has 0 aliphatic carbocycles. The van der Waals surface area contributed by atoms with E-state index in [-0.39, 0.29) is 17.7 Å². The Labute approximate surface area is 199 Å². The zero-order chi connectivity index (χ0) is 23.9. The van der Waals surface area contributed by atoms with Crippen molar-refractivity contribution < 1.29 is 14.1 Å². The van der Waals surface area contributed by atoms with Gasteiger partial charge in [0.05, 0.1) is 23.7 Å². The van der Waals surface area contributed by atoms with Crippen LogP contribution in [0.3, 0.4) is 0 Å². The SMILES string of the molecule is C=CCNC(=O)c1ccccc1NC(=O)C1CCCN(Cc2nc(-c3ccc(C)cc3)no2)C1. The zero-order valence-electron chi connectivity index (χ0n) is 19.3. The quantitative estimate of drug-likeness (QED) is 0.497. The third kappa shape index (κ3) is 5.77. The number of hydrogen-bond acceptors (Lipinski definition) is 6. The predicted molar refractivity (Wildman–Crippen MR) is 130 cm³/mol. The number of piperidine rings is 1. The molecule has 34 heavy (non-hydrogen) atoms. The summed E-state index contributed by atoms with van der Waals surface area (Å²) in [7, 11) is 0. The first-order valence-electron chi connectivity index (χ1n) is 11.4. The van der Waals surface area contributed by atoms with Crippen molar-refractivity contribution in [2.45, 2.75) is 26.3 Å². The summed E-state index contributed by atoms with van der Waals surface area (Å²) < 4.78 is 5.46. The van der Waals surface area contributed by atoms with Crippen molar-refractivity contribution in [2.75, 3.05) is 25.0 Å². The molecule has 1 aromatic heterocycles. The van der Waals surface area contributed by atoms with E-state index in [1.165, 1.54) is 5.56 Å². The molecule has 1 aliphatic rings. The largest absolute Gasteiger partial charge is 0.349 e. The number of carbonyl (C=O) groups is 2. The van der Waals surface area contributed by atoms with Gasteiger partial charge in [-0.1, -0.05) is 53.2 Å². The molecule has 0 bridgehead atoms. The first kappa shape index (κ1) is 23.4. The molecular weight excluding hydrogens is 430 g/mol. The third-order valence-electron chi connectivity index (χ3n) is 5.85. The fourth-order valence-corrected chi connectivity index (χ4v) is 4.03. The Morgan fingerprint density at radius 3 is 2.79 bits per heavy atom. The van der Waals surface area contributed by atoms with E-state index in [2.05, 4.69) is 32.3 Å². The van der Waals surface area contributed by atoms with Gasteiger partial charge in [-0.2, -0.15) is 4.98 Å². The number of amides is 2. The minimum atomic E-state index is -0.248. The summed E-state index contributed by atoms with van der Waals surface area (Å²) in [6.45, 7) is 7.93. The number of aromatic nitrogens is 2. The topological polar surface area (TPSA) is 100 Å². The van der Waals surface area contributed by atoms with Crippen molar-refractivity contribution in [3.05, 3.63) is 78.2 Å². The second-order valence-corrected chi connectivity index (χ2v) is 8.49. The fraction of sp³-hybridized carbons (Fsp3) is 0.308. The van der Waals surface area contributed by atoms with Gasteiger partial charge in [0.15, 0.2) is 0 Å². The van der Waals surface area contributed by atoms with Crippen molar-refractivity contribution >= 4 is 17.5 Å². The number of aryl methyl sites for hydroxylation is 1. The molecule has 2 heterocycles. The number of carbonyl (C=O) groups excluding carboxylic acids is 2. The first-order chi connectivity index (χ1) is 16.5. The molecule has 1 atom stereocenters. The van der Waals surface area contributed by atoms with Crippen LogP contribution in [0.2, 0.25) is 0 Å². The van der Waals surface area contributed by atoms with Crippen LogP contribution in [0.5, 0.6) is 0 Å². The smallest absolute Gasteiger partial charge is 0.253 e. The summed E-state index contributed by atoms with van der Waals surface area (Å²) in [5.74, 6) is 0.549. The van der Waals surface area contributed by atoms with Crippen LogP contribution in [0.1, 0.15) is 34.7 Å². The van der Waals surface area contributed by atoms with E-state index in [4.69, 9.17) is 4.52 Å². The number of rotatable bonds is 8. The summed E-state index contributed by atoms with van der Waals surface area (Å²) in [6, 6.07) is 15.0. The lowest BCUT2D eigenvalue weighted by molar-refractivity contribution is -0.121. The summed E-state index contributed by atoms with van der Waals surface area (Å²) in [4.78, 5) is 32.1. The Morgan fingerprint density at radius 1 is 1.21 bits per heavy atom. The lowest BCUT2D eigenvalue weighted by atomic mass is 9.96. The molecule has 4 rings (SSSR count). The van der Waals surface area contributed by atoms with E-state index < -0.39 is 0 Å². The van der Waals surface area contributed by atoms with Crippen LogP contribution >= 0.6 is 0 Å². The first-order valence-corrected chi connectivity index (χ1v) is 11.4. The molecule has 176 valence electrons. The monoisotopic (exact) mass is 459 g/mol. The van der Waals surface area contributed by atoms with Gasteiger partial charge < -0.3 is 15.2 Å². The number of likely N-dealkylation sites (tertiary alicyclic amines) is 1. The number of nitrogens with one attached hydrogen (secondary N) is 2. The molecule has 2 amide bonds. The Bertz CT molecular complexity index is 1160. The number of nitrogens with zero attached hydrogens (tertiary/aromatic N) is 3. The highest BCUT2D eigenvalue weighted by atomic mass is 16.5. The molecule has 1 saturated heterocycles. The van der Waals surface area contributed by atoms with Gasteiger partial charge in [0, 0.05) is 18.7 Å². The molecule has 1 aliphatic heterocycles. The normalized spacial score (nSPS) is 16.1. The van der Waals surface area contributed by atoms with E-state index in [9.17, 15) is 9.59 Å². The van der Waals surface area contributed by atoms with Crippen molar-refractivity contribution in [2.24, 2.45) is 5.92 Å². The maximum atomic E-state index is 13.0. The molecule has 8 heteroatoms. The van der Waals surface area contributed by atoms with E-state index >= 15 is 0 Å². The number of benzene rings is 2. The summed E-state index contributed by atoms with van der Waals surface area (Å²) in [6.07, 6.45) is 3.28. The molecule has 0 saturated carbocycles. The van der Waals surface area contributed by atoms with Gasteiger partial charge in [0.2, 0.25) is 17.6 Å². The van der Waals surface area contributed by atoms with E-state index in [0.717, 1.165) is 24.9 Å². The summed E-state index contributed by atoms with van der Waals surface area (Å²) >= 11 is 0. The second-order valence-electron chi connectivity index (χ2n) is 8.49. The molecule has 3 aromatic rings. The van der Waals surface area contributed by atoms with Crippen LogP contribution in [0, 0.1) is 12.8 Å². The summed E-state index contributed by atoms with van der Waals surface area (Å²) in [5, 5.41) is 9.80. The summed E-state index contributed by atoms with van der Waals surface area (Å²) in [5.41, 5.74) is 3.02. The minimum Gasteiger partial charge on any atom is -0.349 e. The van der Waals surface area contributed by atoms with Crippen molar-refractivity contribution in [1.29, 1.82) is 0 Å². The van der Waals surface area contributed by atoms with E-state index in [0.29, 0.717) is 42.6 Å². The van der Waals surface area contributed by atoms with Crippen molar-refractivity contribution in [3.8, 4) is 11.4 Å². The van der Waals surface area contributed by atoms with Gasteiger partial charge in [-0.05, 0) is 38.4 Å². The van der Waals surface area contributed by atoms with Gasteiger partial charge in [0.25, 0.3) is 5.91 Å². The molecule has 1 fully saturated rings. The van der Waals surface area contributed by atoms with Gasteiger partial charge >= 0.3 is 0 Å². The van der Waals surface area contributed by atoms with Crippen molar-refractivity contribution in [1.82, 2.24) is 20.4 Å². The molecule has 2 aromatic carbocycles. The second kappa shape index (κ2) is 10.9. The highest BCUT2D eigenvalue weighted by Crippen LogP contribution is 2.23. The Hall–Kier alpha value is -3.78. The lowest BCUT2D eigenvalue weighted by Gasteiger charge is -2.31. The lowest BCUT2D eigenvalue weighted by Crippen LogP contribution is -2.40. The Morgan fingerprint density at radius 2 is 2.00 bits per heavy atom. The van der Waals surface area contributed by atoms with Gasteiger partial charge in [-0.15, -0.1) is 6.58 Å². The molecule has 0 radical (unpaired) electrons. The predicted octanol–water partition coefficient (Wildman–Crippen LogP) is 3.81. The van der Waals surface area contributed by atoms with Crippen LogP contribution in [0.15, 0.2) is 65.7 Å². The van der Waals surface area contributed by atoms with Crippen molar-refractivity contribution in [3.63, 3.8) is 0 Å². The number of anilines is 1. The van der Waals surface area contributed by atoms with Crippen LogP contribution in [-0.4, -0.2) is 46.5 Å². The molecule has 2 N–H and O–H groups in total. The maximum absolute atomic E-state index is 13.0. The molecule has 1 unspecified atom stereocenters. The Balaban J connectivity index is 1.37. The average molecular weight is 460 g/mol. The Kier molecular flexibility index (Phi) is 7.49. The van der Waals surface area contributed by atoms with Crippen LogP contribution < -0.4 is 10.6 Å². The van der Waals surface area contributed by atoms with Crippen LogP contribution in [0.25, 0.3) is 11.4 Å². The maximum Gasteiger partial charge on any atom is 0.253 e. The van der Waals surface area contributed by atoms with E-state index in [1.54, 1.807) is 30.3 Å². The van der Waals surface area contributed by atoms with Crippen LogP contribution in [-0.2, 0) is 11.3 Å². The number of hydrogen-bond donors (Lipinski definition) is 2. The zero-order valence-corrected chi connectivity index (χ0v) is 19.3. The molecule has 0 spiro atoms. The average Bonchev–Trinajstić information content (AvgIpc) is 3.32. The highest BCUT2D eigenvalue weighted by Gasteiger charge is 2.27. The molecule has 8 nitrogen and oxygen atoms in total. The number of para-hydroxylation sites is 1. The van der Waals surface area contributed by atoms with Crippen LogP contribution in [0.4, 0.5) is 5.69 Å². The third-order valence-corrected chi connectivity index (χ3v) is 5.85.